The van der Waals surface area contributed by atoms with E-state index in [1.54, 1.807) is 7.11 Å². The number of aliphatic hydroxyl groups excluding tert-OH is 1. The predicted molar refractivity (Wildman–Crippen MR) is 82.9 cm³/mol. The fraction of sp³-hybridized carbons (Fsp3) is 0.333. The van der Waals surface area contributed by atoms with Gasteiger partial charge in [0.2, 0.25) is 0 Å². The van der Waals surface area contributed by atoms with Crippen molar-refractivity contribution in [2.45, 2.75) is 18.9 Å². The van der Waals surface area contributed by atoms with E-state index in [4.69, 9.17) is 9.47 Å². The first-order chi connectivity index (χ1) is 9.69. The second-order valence-electron chi connectivity index (χ2n) is 4.72. The minimum atomic E-state index is -0.576. The van der Waals surface area contributed by atoms with Gasteiger partial charge in [-0.05, 0) is 34.7 Å². The van der Waals surface area contributed by atoms with Crippen LogP contribution in [0.4, 0.5) is 0 Å². The Morgan fingerprint density at radius 2 is 2.35 bits per heavy atom. The second-order valence-corrected chi connectivity index (χ2v) is 6.59. The number of aliphatic hydroxyl groups is 1. The molecule has 0 fully saturated rings. The lowest BCUT2D eigenvalue weighted by Gasteiger charge is -2.14. The standard InChI is InChI=1S/C15H15BrO3S/c1-18-13-3-5-20-15(13)12(17)8-10-7-11(16)6-9-2-4-19-14(9)10/h3,5-7,12,17H,2,4,8H2,1H3. The summed E-state index contributed by atoms with van der Waals surface area (Å²) in [5.41, 5.74) is 2.24. The number of fused-ring (bicyclic) bond motifs is 1. The Balaban J connectivity index is 1.88. The minimum absolute atomic E-state index is 0.526. The molecule has 0 saturated heterocycles. The van der Waals surface area contributed by atoms with E-state index in [1.165, 1.54) is 16.9 Å². The molecule has 0 radical (unpaired) electrons. The summed E-state index contributed by atoms with van der Waals surface area (Å²) in [7, 11) is 1.62. The molecule has 1 aromatic carbocycles. The molecule has 0 bridgehead atoms. The molecule has 0 aliphatic carbocycles. The van der Waals surface area contributed by atoms with Crippen LogP contribution >= 0.6 is 27.3 Å². The zero-order chi connectivity index (χ0) is 14.1. The van der Waals surface area contributed by atoms with Crippen LogP contribution < -0.4 is 9.47 Å². The van der Waals surface area contributed by atoms with Crippen molar-refractivity contribution in [1.29, 1.82) is 0 Å². The Bertz CT molecular complexity index is 624. The monoisotopic (exact) mass is 354 g/mol. The predicted octanol–water partition coefficient (Wildman–Crippen LogP) is 3.73. The first-order valence-electron chi connectivity index (χ1n) is 6.42. The van der Waals surface area contributed by atoms with E-state index >= 15 is 0 Å². The summed E-state index contributed by atoms with van der Waals surface area (Å²) in [6.45, 7) is 0.719. The highest BCUT2D eigenvalue weighted by molar-refractivity contribution is 9.10. The Hall–Kier alpha value is -1.04. The molecule has 3 rings (SSSR count). The molecule has 106 valence electrons. The molecule has 0 amide bonds. The number of hydrogen-bond acceptors (Lipinski definition) is 4. The van der Waals surface area contributed by atoms with Gasteiger partial charge in [0.1, 0.15) is 11.5 Å². The third kappa shape index (κ3) is 2.57. The van der Waals surface area contributed by atoms with Crippen molar-refractivity contribution in [3.63, 3.8) is 0 Å². The summed E-state index contributed by atoms with van der Waals surface area (Å²) >= 11 is 5.03. The largest absolute Gasteiger partial charge is 0.495 e. The van der Waals surface area contributed by atoms with Crippen molar-refractivity contribution in [2.75, 3.05) is 13.7 Å². The van der Waals surface area contributed by atoms with Gasteiger partial charge >= 0.3 is 0 Å². The SMILES string of the molecule is COc1ccsc1C(O)Cc1cc(Br)cc2c1OCC2. The van der Waals surface area contributed by atoms with E-state index in [0.29, 0.717) is 6.42 Å². The van der Waals surface area contributed by atoms with Crippen LogP contribution in [0.1, 0.15) is 22.1 Å². The van der Waals surface area contributed by atoms with Gasteiger partial charge in [0, 0.05) is 17.3 Å². The number of halogens is 1. The average Bonchev–Trinajstić information content (AvgIpc) is 3.06. The highest BCUT2D eigenvalue weighted by atomic mass is 79.9. The third-order valence-corrected chi connectivity index (χ3v) is 4.88. The van der Waals surface area contributed by atoms with Gasteiger partial charge in [0.25, 0.3) is 0 Å². The lowest BCUT2D eigenvalue weighted by atomic mass is 10.0. The topological polar surface area (TPSA) is 38.7 Å². The number of thiophene rings is 1. The summed E-state index contributed by atoms with van der Waals surface area (Å²) in [6, 6.07) is 5.99. The van der Waals surface area contributed by atoms with Crippen molar-refractivity contribution < 1.29 is 14.6 Å². The zero-order valence-electron chi connectivity index (χ0n) is 11.1. The zero-order valence-corrected chi connectivity index (χ0v) is 13.5. The van der Waals surface area contributed by atoms with Gasteiger partial charge in [-0.3, -0.25) is 0 Å². The average molecular weight is 355 g/mol. The molecule has 3 nitrogen and oxygen atoms in total. The quantitative estimate of drug-likeness (QED) is 0.908. The van der Waals surface area contributed by atoms with Crippen LogP contribution in [-0.2, 0) is 12.8 Å². The maximum absolute atomic E-state index is 10.5. The molecule has 1 aliphatic heterocycles. The van der Waals surface area contributed by atoms with Crippen LogP contribution in [0.25, 0.3) is 0 Å². The lowest BCUT2D eigenvalue weighted by molar-refractivity contribution is 0.177. The fourth-order valence-corrected chi connectivity index (χ4v) is 3.92. The molecule has 2 heterocycles. The van der Waals surface area contributed by atoms with Gasteiger partial charge in [-0.25, -0.2) is 0 Å². The number of methoxy groups -OCH3 is 1. The summed E-state index contributed by atoms with van der Waals surface area (Å²) in [5.74, 6) is 1.68. The first kappa shape index (κ1) is 13.9. The van der Waals surface area contributed by atoms with Crippen LogP contribution in [0.2, 0.25) is 0 Å². The maximum atomic E-state index is 10.5. The molecule has 1 aliphatic rings. The third-order valence-electron chi connectivity index (χ3n) is 3.42. The molecule has 20 heavy (non-hydrogen) atoms. The summed E-state index contributed by atoms with van der Waals surface area (Å²) in [6.07, 6.45) is 0.881. The van der Waals surface area contributed by atoms with E-state index < -0.39 is 6.10 Å². The molecule has 1 unspecified atom stereocenters. The molecule has 0 spiro atoms. The van der Waals surface area contributed by atoms with Gasteiger partial charge in [-0.1, -0.05) is 15.9 Å². The Kier molecular flexibility index (Phi) is 4.01. The number of ether oxygens (including phenoxy) is 2. The van der Waals surface area contributed by atoms with E-state index in [2.05, 4.69) is 22.0 Å². The fourth-order valence-electron chi connectivity index (χ4n) is 2.52. The Morgan fingerprint density at radius 1 is 1.50 bits per heavy atom. The number of rotatable bonds is 4. The molecular weight excluding hydrogens is 340 g/mol. The summed E-state index contributed by atoms with van der Waals surface area (Å²) < 4.78 is 12.0. The normalized spacial score (nSPS) is 14.8. The second kappa shape index (κ2) is 5.76. The molecular formula is C15H15BrO3S. The Morgan fingerprint density at radius 3 is 3.15 bits per heavy atom. The van der Waals surface area contributed by atoms with Crippen LogP contribution in [-0.4, -0.2) is 18.8 Å². The highest BCUT2D eigenvalue weighted by Crippen LogP contribution is 2.38. The van der Waals surface area contributed by atoms with Gasteiger partial charge in [0.05, 0.1) is 24.7 Å². The first-order valence-corrected chi connectivity index (χ1v) is 8.10. The van der Waals surface area contributed by atoms with Gasteiger partial charge in [-0.2, -0.15) is 0 Å². The molecule has 0 saturated carbocycles. The van der Waals surface area contributed by atoms with E-state index in [0.717, 1.165) is 39.4 Å². The van der Waals surface area contributed by atoms with Crippen molar-refractivity contribution in [3.8, 4) is 11.5 Å². The highest BCUT2D eigenvalue weighted by Gasteiger charge is 2.22. The van der Waals surface area contributed by atoms with E-state index in [-0.39, 0.29) is 0 Å². The molecule has 1 atom stereocenters. The minimum Gasteiger partial charge on any atom is -0.495 e. The van der Waals surface area contributed by atoms with Crippen molar-refractivity contribution in [1.82, 2.24) is 0 Å². The van der Waals surface area contributed by atoms with E-state index in [9.17, 15) is 5.11 Å². The van der Waals surface area contributed by atoms with Gasteiger partial charge in [0.15, 0.2) is 0 Å². The summed E-state index contributed by atoms with van der Waals surface area (Å²) in [5, 5.41) is 12.4. The molecule has 1 N–H and O–H groups in total. The lowest BCUT2D eigenvalue weighted by Crippen LogP contribution is -2.03. The van der Waals surface area contributed by atoms with Gasteiger partial charge in [-0.15, -0.1) is 11.3 Å². The van der Waals surface area contributed by atoms with Crippen molar-refractivity contribution >= 4 is 27.3 Å². The Labute approximate surface area is 130 Å². The van der Waals surface area contributed by atoms with E-state index in [1.807, 2.05) is 17.5 Å². The van der Waals surface area contributed by atoms with Crippen LogP contribution in [0, 0.1) is 0 Å². The summed E-state index contributed by atoms with van der Waals surface area (Å²) in [4.78, 5) is 0.860. The molecule has 2 aromatic rings. The maximum Gasteiger partial charge on any atom is 0.135 e. The molecule has 1 aromatic heterocycles. The molecule has 5 heteroatoms. The van der Waals surface area contributed by atoms with Crippen LogP contribution in [0.5, 0.6) is 11.5 Å². The number of benzene rings is 1. The van der Waals surface area contributed by atoms with Crippen LogP contribution in [0.15, 0.2) is 28.1 Å². The number of hydrogen-bond donors (Lipinski definition) is 1. The smallest absolute Gasteiger partial charge is 0.135 e. The van der Waals surface area contributed by atoms with Crippen molar-refractivity contribution in [2.24, 2.45) is 0 Å². The van der Waals surface area contributed by atoms with Crippen molar-refractivity contribution in [3.05, 3.63) is 44.1 Å². The van der Waals surface area contributed by atoms with Crippen LogP contribution in [0.3, 0.4) is 0 Å². The van der Waals surface area contributed by atoms with Gasteiger partial charge < -0.3 is 14.6 Å².